The number of benzene rings is 1. The topological polar surface area (TPSA) is 64.4 Å². The van der Waals surface area contributed by atoms with Crippen LogP contribution in [0, 0.1) is 17.1 Å². The van der Waals surface area contributed by atoms with Gasteiger partial charge < -0.3 is 15.6 Å². The van der Waals surface area contributed by atoms with Crippen LogP contribution in [0.25, 0.3) is 0 Å². The van der Waals surface area contributed by atoms with Crippen LogP contribution in [0.4, 0.5) is 13.2 Å². The summed E-state index contributed by atoms with van der Waals surface area (Å²) in [6.07, 6.45) is 7.88. The minimum Gasteiger partial charge on any atom is -0.336 e. The van der Waals surface area contributed by atoms with Crippen LogP contribution in [0.5, 0.6) is 0 Å². The van der Waals surface area contributed by atoms with Crippen LogP contribution in [0.2, 0.25) is 5.02 Å². The summed E-state index contributed by atoms with van der Waals surface area (Å²) in [4.78, 5) is 11.7. The zero-order chi connectivity index (χ0) is 23.1. The molecule has 5 nitrogen and oxygen atoms in total. The number of hydrogen-bond donors (Lipinski definition) is 2. The van der Waals surface area contributed by atoms with Crippen LogP contribution >= 0.6 is 22.9 Å². The molecule has 2 fully saturated rings. The molecule has 0 bridgehead atoms. The molecule has 3 atom stereocenters. The van der Waals surface area contributed by atoms with E-state index in [0.717, 1.165) is 54.6 Å². The van der Waals surface area contributed by atoms with E-state index in [0.29, 0.717) is 22.6 Å². The molecule has 3 heterocycles. The number of fused-ring (bicyclic) bond motifs is 3. The molecule has 1 saturated heterocycles. The largest absolute Gasteiger partial charge is 0.336 e. The van der Waals surface area contributed by atoms with Crippen LogP contribution in [0.1, 0.15) is 42.3 Å². The van der Waals surface area contributed by atoms with Crippen molar-refractivity contribution in [2.45, 2.75) is 44.3 Å². The molecule has 2 aromatic rings. The molecule has 1 aliphatic carbocycles. The lowest BCUT2D eigenvalue weighted by Crippen LogP contribution is -2.39. The maximum absolute atomic E-state index is 13.8. The predicted molar refractivity (Wildman–Crippen MR) is 123 cm³/mol. The van der Waals surface area contributed by atoms with E-state index in [1.807, 2.05) is 10.7 Å². The second kappa shape index (κ2) is 8.95. The Morgan fingerprint density at radius 3 is 2.88 bits per heavy atom. The van der Waals surface area contributed by atoms with Gasteiger partial charge in [-0.1, -0.05) is 24.1 Å². The van der Waals surface area contributed by atoms with Crippen molar-refractivity contribution in [3.8, 4) is 0 Å². The van der Waals surface area contributed by atoms with E-state index in [1.54, 1.807) is 12.3 Å². The minimum atomic E-state index is -2.77. The second-order valence-corrected chi connectivity index (χ2v) is 9.56. The molecule has 1 saturated carbocycles. The Labute approximate surface area is 198 Å². The van der Waals surface area contributed by atoms with Crippen molar-refractivity contribution in [1.82, 2.24) is 15.2 Å². The van der Waals surface area contributed by atoms with Crippen molar-refractivity contribution < 1.29 is 13.2 Å². The zero-order valence-electron chi connectivity index (χ0n) is 17.4. The Bertz CT molecular complexity index is 1160. The molecule has 3 aliphatic rings. The predicted octanol–water partition coefficient (Wildman–Crippen LogP) is 5.91. The first-order valence-corrected chi connectivity index (χ1v) is 11.9. The maximum Gasteiger partial charge on any atom is 0.312 e. The Balaban J connectivity index is 1.73. The number of allylic oxidation sites excluding steroid dienone is 1. The van der Waals surface area contributed by atoms with Gasteiger partial charge in [0.05, 0.1) is 0 Å². The Morgan fingerprint density at radius 2 is 2.18 bits per heavy atom. The molecule has 33 heavy (non-hydrogen) atoms. The summed E-state index contributed by atoms with van der Waals surface area (Å²) in [6, 6.07) is 3.66. The number of aromatic nitrogens is 1. The van der Waals surface area contributed by atoms with Crippen LogP contribution < -0.4 is 5.32 Å². The van der Waals surface area contributed by atoms with Gasteiger partial charge in [0, 0.05) is 51.9 Å². The highest BCUT2D eigenvalue weighted by Gasteiger charge is 2.47. The van der Waals surface area contributed by atoms with Gasteiger partial charge in [0.2, 0.25) is 0 Å². The number of amidine groups is 1. The summed E-state index contributed by atoms with van der Waals surface area (Å²) < 4.78 is 39.8. The van der Waals surface area contributed by atoms with Crippen molar-refractivity contribution >= 4 is 35.0 Å². The second-order valence-electron chi connectivity index (χ2n) is 8.26. The number of rotatable bonds is 6. The van der Waals surface area contributed by atoms with Crippen molar-refractivity contribution in [2.24, 2.45) is 10.9 Å². The van der Waals surface area contributed by atoms with Crippen LogP contribution in [0.15, 0.2) is 57.8 Å². The summed E-state index contributed by atoms with van der Waals surface area (Å²) in [7, 11) is 0. The normalized spacial score (nSPS) is 24.8. The van der Waals surface area contributed by atoms with Gasteiger partial charge in [0.15, 0.2) is 10.8 Å². The smallest absolute Gasteiger partial charge is 0.312 e. The van der Waals surface area contributed by atoms with Crippen molar-refractivity contribution in [2.75, 3.05) is 0 Å². The van der Waals surface area contributed by atoms with E-state index in [2.05, 4.69) is 9.88 Å². The lowest BCUT2D eigenvalue weighted by Gasteiger charge is -2.36. The fraction of sp³-hybridized carbons (Fsp3) is 0.348. The lowest BCUT2D eigenvalue weighted by molar-refractivity contribution is 0.125. The van der Waals surface area contributed by atoms with E-state index >= 15 is 0 Å². The molecule has 2 unspecified atom stereocenters. The molecular weight excluding hydrogens is 471 g/mol. The Morgan fingerprint density at radius 1 is 1.33 bits per heavy atom. The van der Waals surface area contributed by atoms with Gasteiger partial charge in [-0.15, -0.1) is 11.3 Å². The number of aliphatic imine (C=N–C) groups is 1. The average Bonchev–Trinajstić information content (AvgIpc) is 3.52. The van der Waals surface area contributed by atoms with E-state index in [4.69, 9.17) is 22.0 Å². The highest BCUT2D eigenvalue weighted by Crippen LogP contribution is 2.51. The number of alkyl halides is 2. The first kappa shape index (κ1) is 22.2. The van der Waals surface area contributed by atoms with Crippen LogP contribution in [0.3, 0.4) is 0 Å². The molecule has 2 aliphatic heterocycles. The maximum atomic E-state index is 13.8. The molecule has 10 heteroatoms. The quantitative estimate of drug-likeness (QED) is 0.390. The number of thiazole rings is 1. The van der Waals surface area contributed by atoms with Gasteiger partial charge in [-0.2, -0.15) is 8.78 Å². The van der Waals surface area contributed by atoms with Gasteiger partial charge >= 0.3 is 6.55 Å². The van der Waals surface area contributed by atoms with Crippen LogP contribution in [-0.4, -0.2) is 34.5 Å². The van der Waals surface area contributed by atoms with Crippen molar-refractivity contribution in [3.05, 3.63) is 74.2 Å². The fourth-order valence-electron chi connectivity index (χ4n) is 5.19. The standard InChI is InChI=1S/C23H21ClF3N5S/c24-16-9-14(25)4-5-15(16)20-19(13(10-28)11-30-23(26)27)18-8-12-2-1-3-17(12)32(18)21(31-20)22-29-6-7-33-22/h4-7,9-12,17,20,23,28,30H,1-3,8H2/b13-11+,28-10?/t12?,17?,20-/m0/s1. The van der Waals surface area contributed by atoms with E-state index in [-0.39, 0.29) is 11.1 Å². The monoisotopic (exact) mass is 491 g/mol. The summed E-state index contributed by atoms with van der Waals surface area (Å²) in [5, 5.41) is 12.8. The highest BCUT2D eigenvalue weighted by molar-refractivity contribution is 7.11. The van der Waals surface area contributed by atoms with E-state index in [9.17, 15) is 13.2 Å². The highest BCUT2D eigenvalue weighted by atomic mass is 35.5. The van der Waals surface area contributed by atoms with Gasteiger partial charge in [-0.05, 0) is 42.9 Å². The molecule has 172 valence electrons. The Kier molecular flexibility index (Phi) is 6.01. The summed E-state index contributed by atoms with van der Waals surface area (Å²) >= 11 is 7.92. The molecule has 5 rings (SSSR count). The molecule has 0 spiro atoms. The van der Waals surface area contributed by atoms with E-state index < -0.39 is 18.4 Å². The van der Waals surface area contributed by atoms with Gasteiger partial charge in [-0.3, -0.25) is 4.99 Å². The van der Waals surface area contributed by atoms with E-state index in [1.165, 1.54) is 23.5 Å². The SMILES string of the molecule is N=C/C(=C\NC(F)F)C1=C2CC3CCCC3N2C(c2nccs2)=N[C@H]1c1ccc(F)cc1Cl. The fourth-order valence-corrected chi connectivity index (χ4v) is 6.09. The van der Waals surface area contributed by atoms with Crippen LogP contribution in [-0.2, 0) is 0 Å². The molecule has 1 aromatic carbocycles. The summed E-state index contributed by atoms with van der Waals surface area (Å²) in [6.45, 7) is -2.77. The Hall–Kier alpha value is -2.65. The lowest BCUT2D eigenvalue weighted by atomic mass is 9.89. The van der Waals surface area contributed by atoms with Gasteiger partial charge in [0.1, 0.15) is 11.9 Å². The van der Waals surface area contributed by atoms with Gasteiger partial charge in [-0.25, -0.2) is 9.37 Å². The molecule has 2 N–H and O–H groups in total. The first-order valence-electron chi connectivity index (χ1n) is 10.7. The summed E-state index contributed by atoms with van der Waals surface area (Å²) in [5.41, 5.74) is 2.43. The average molecular weight is 492 g/mol. The molecule has 0 radical (unpaired) electrons. The molecular formula is C23H21ClF3N5S. The third kappa shape index (κ3) is 3.97. The number of nitrogens with zero attached hydrogens (tertiary/aromatic N) is 3. The third-order valence-electron chi connectivity index (χ3n) is 6.47. The van der Waals surface area contributed by atoms with Gasteiger partial charge in [0.25, 0.3) is 0 Å². The van der Waals surface area contributed by atoms with Crippen molar-refractivity contribution in [1.29, 1.82) is 5.41 Å². The number of hydrogen-bond acceptors (Lipinski definition) is 6. The molecule has 0 amide bonds. The number of halogens is 4. The zero-order valence-corrected chi connectivity index (χ0v) is 19.0. The van der Waals surface area contributed by atoms with Crippen molar-refractivity contribution in [3.63, 3.8) is 0 Å². The molecule has 1 aromatic heterocycles. The minimum absolute atomic E-state index is 0.193. The third-order valence-corrected chi connectivity index (χ3v) is 7.57. The summed E-state index contributed by atoms with van der Waals surface area (Å²) in [5.74, 6) is 0.657. The first-order chi connectivity index (χ1) is 16.0. The number of nitrogens with one attached hydrogen (secondary N) is 2.